The molecule has 0 radical (unpaired) electrons. The molecule has 0 aromatic carbocycles. The molecule has 116 valence electrons. The van der Waals surface area contributed by atoms with E-state index >= 15 is 0 Å². The van der Waals surface area contributed by atoms with E-state index in [4.69, 9.17) is 0 Å². The van der Waals surface area contributed by atoms with Crippen LogP contribution in [0.1, 0.15) is 44.8 Å². The van der Waals surface area contributed by atoms with Crippen molar-refractivity contribution in [3.63, 3.8) is 0 Å². The molecule has 21 heavy (non-hydrogen) atoms. The predicted molar refractivity (Wildman–Crippen MR) is 81.8 cm³/mol. The van der Waals surface area contributed by atoms with E-state index in [-0.39, 0.29) is 6.04 Å². The summed E-state index contributed by atoms with van der Waals surface area (Å²) in [6.45, 7) is 8.95. The molecule has 0 unspecified atom stereocenters. The molecule has 2 heterocycles. The fraction of sp³-hybridized carbons (Fsp3) is 0.750. The molecule has 0 bridgehead atoms. The molecule has 5 nitrogen and oxygen atoms in total. The van der Waals surface area contributed by atoms with Crippen molar-refractivity contribution >= 4 is 5.91 Å². The Morgan fingerprint density at radius 1 is 1.38 bits per heavy atom. The van der Waals surface area contributed by atoms with Crippen LogP contribution in [0.15, 0.2) is 12.3 Å². The molecule has 1 atom stereocenters. The van der Waals surface area contributed by atoms with E-state index in [0.29, 0.717) is 11.8 Å². The Balaban J connectivity index is 1.71. The molecule has 2 aliphatic rings. The van der Waals surface area contributed by atoms with Crippen LogP contribution in [0.25, 0.3) is 0 Å². The van der Waals surface area contributed by atoms with Crippen molar-refractivity contribution in [2.75, 3.05) is 26.2 Å². The highest BCUT2D eigenvalue weighted by atomic mass is 16.2. The molecule has 0 saturated heterocycles. The molecule has 1 aromatic heterocycles. The molecular weight excluding hydrogens is 264 g/mol. The summed E-state index contributed by atoms with van der Waals surface area (Å²) in [7, 11) is 0. The van der Waals surface area contributed by atoms with Gasteiger partial charge in [0.2, 0.25) is 5.91 Å². The van der Waals surface area contributed by atoms with Gasteiger partial charge in [-0.05, 0) is 37.9 Å². The van der Waals surface area contributed by atoms with Gasteiger partial charge in [-0.1, -0.05) is 13.8 Å². The molecule has 1 aliphatic carbocycles. The zero-order chi connectivity index (χ0) is 14.8. The molecule has 1 aliphatic heterocycles. The molecule has 3 rings (SSSR count). The van der Waals surface area contributed by atoms with Gasteiger partial charge in [-0.2, -0.15) is 5.10 Å². The number of likely N-dealkylation sites (N-methyl/N-ethyl adjacent to an activating group) is 1. The number of hydrogen-bond acceptors (Lipinski definition) is 3. The first kappa shape index (κ1) is 14.6. The minimum Gasteiger partial charge on any atom is -0.335 e. The molecular formula is C16H26N4O. The standard InChI is InChI=1S/C16H26N4O/c1-3-18(4-2)10-15-12-19(16(21)9-13-5-6-13)11-14-7-8-17-20(14)15/h7-8,13,15H,3-6,9-12H2,1-2H3/t15-/m0/s1. The van der Waals surface area contributed by atoms with E-state index in [9.17, 15) is 4.79 Å². The fourth-order valence-corrected chi connectivity index (χ4v) is 3.19. The smallest absolute Gasteiger partial charge is 0.223 e. The van der Waals surface area contributed by atoms with E-state index in [1.807, 2.05) is 17.2 Å². The molecule has 1 fully saturated rings. The summed E-state index contributed by atoms with van der Waals surface area (Å²) < 4.78 is 2.12. The summed E-state index contributed by atoms with van der Waals surface area (Å²) in [4.78, 5) is 16.9. The zero-order valence-corrected chi connectivity index (χ0v) is 13.2. The predicted octanol–water partition coefficient (Wildman–Crippen LogP) is 1.91. The summed E-state index contributed by atoms with van der Waals surface area (Å²) in [5.41, 5.74) is 1.17. The third kappa shape index (κ3) is 3.28. The van der Waals surface area contributed by atoms with Crippen LogP contribution in [0.4, 0.5) is 0 Å². The number of hydrogen-bond donors (Lipinski definition) is 0. The van der Waals surface area contributed by atoms with Gasteiger partial charge in [0.25, 0.3) is 0 Å². The lowest BCUT2D eigenvalue weighted by molar-refractivity contribution is -0.133. The summed E-state index contributed by atoms with van der Waals surface area (Å²) in [6.07, 6.45) is 5.08. The number of carbonyl (C=O) groups is 1. The Labute approximate surface area is 126 Å². The second-order valence-corrected chi connectivity index (χ2v) is 6.33. The molecule has 1 saturated carbocycles. The highest BCUT2D eigenvalue weighted by Crippen LogP contribution is 2.33. The Hall–Kier alpha value is -1.36. The third-order valence-electron chi connectivity index (χ3n) is 4.76. The SMILES string of the molecule is CCN(CC)C[C@H]1CN(C(=O)CC2CC2)Cc2ccnn21. The van der Waals surface area contributed by atoms with Gasteiger partial charge in [-0.15, -0.1) is 0 Å². The number of fused-ring (bicyclic) bond motifs is 1. The van der Waals surface area contributed by atoms with Crippen molar-refractivity contribution in [3.8, 4) is 0 Å². The average Bonchev–Trinajstić information content (AvgIpc) is 3.17. The Morgan fingerprint density at radius 2 is 2.14 bits per heavy atom. The number of carbonyl (C=O) groups excluding carboxylic acids is 1. The lowest BCUT2D eigenvalue weighted by atomic mass is 10.1. The maximum absolute atomic E-state index is 12.4. The second-order valence-electron chi connectivity index (χ2n) is 6.33. The largest absolute Gasteiger partial charge is 0.335 e. The van der Waals surface area contributed by atoms with Crippen molar-refractivity contribution in [2.24, 2.45) is 5.92 Å². The highest BCUT2D eigenvalue weighted by Gasteiger charge is 2.32. The van der Waals surface area contributed by atoms with E-state index in [0.717, 1.165) is 39.1 Å². The Bertz CT molecular complexity index is 490. The van der Waals surface area contributed by atoms with Crippen molar-refractivity contribution in [1.29, 1.82) is 0 Å². The highest BCUT2D eigenvalue weighted by molar-refractivity contribution is 5.76. The van der Waals surface area contributed by atoms with Crippen molar-refractivity contribution < 1.29 is 4.79 Å². The van der Waals surface area contributed by atoms with E-state index < -0.39 is 0 Å². The topological polar surface area (TPSA) is 41.4 Å². The van der Waals surface area contributed by atoms with Crippen LogP contribution in [0.3, 0.4) is 0 Å². The quantitative estimate of drug-likeness (QED) is 0.803. The summed E-state index contributed by atoms with van der Waals surface area (Å²) >= 11 is 0. The Morgan fingerprint density at radius 3 is 2.81 bits per heavy atom. The molecule has 0 spiro atoms. The summed E-state index contributed by atoms with van der Waals surface area (Å²) in [5, 5.41) is 4.48. The minimum atomic E-state index is 0.284. The lowest BCUT2D eigenvalue weighted by Gasteiger charge is -2.36. The van der Waals surface area contributed by atoms with Gasteiger partial charge in [0.05, 0.1) is 18.3 Å². The Kier molecular flexibility index (Phi) is 4.29. The lowest BCUT2D eigenvalue weighted by Crippen LogP contribution is -2.45. The van der Waals surface area contributed by atoms with Crippen LogP contribution in [0, 0.1) is 5.92 Å². The normalized spacial score (nSPS) is 21.7. The van der Waals surface area contributed by atoms with Gasteiger partial charge in [-0.25, -0.2) is 0 Å². The van der Waals surface area contributed by atoms with Crippen LogP contribution in [-0.4, -0.2) is 51.7 Å². The van der Waals surface area contributed by atoms with Crippen LogP contribution in [-0.2, 0) is 11.3 Å². The third-order valence-corrected chi connectivity index (χ3v) is 4.76. The number of amides is 1. The first-order valence-electron chi connectivity index (χ1n) is 8.23. The van der Waals surface area contributed by atoms with E-state index in [1.54, 1.807) is 0 Å². The molecule has 1 aromatic rings. The van der Waals surface area contributed by atoms with Crippen molar-refractivity contribution in [1.82, 2.24) is 19.6 Å². The van der Waals surface area contributed by atoms with Gasteiger partial charge in [0.15, 0.2) is 0 Å². The average molecular weight is 290 g/mol. The zero-order valence-electron chi connectivity index (χ0n) is 13.2. The molecule has 0 N–H and O–H groups in total. The maximum Gasteiger partial charge on any atom is 0.223 e. The van der Waals surface area contributed by atoms with Crippen LogP contribution >= 0.6 is 0 Å². The minimum absolute atomic E-state index is 0.284. The van der Waals surface area contributed by atoms with Gasteiger partial charge < -0.3 is 9.80 Å². The van der Waals surface area contributed by atoms with Gasteiger partial charge in [0, 0.05) is 25.7 Å². The van der Waals surface area contributed by atoms with Crippen LogP contribution < -0.4 is 0 Å². The van der Waals surface area contributed by atoms with Crippen molar-refractivity contribution in [3.05, 3.63) is 18.0 Å². The first-order valence-corrected chi connectivity index (χ1v) is 8.23. The summed E-state index contributed by atoms with van der Waals surface area (Å²) in [6, 6.07) is 2.33. The monoisotopic (exact) mass is 290 g/mol. The van der Waals surface area contributed by atoms with Gasteiger partial charge in [0.1, 0.15) is 0 Å². The van der Waals surface area contributed by atoms with Crippen LogP contribution in [0.2, 0.25) is 0 Å². The molecule has 5 heteroatoms. The summed E-state index contributed by atoms with van der Waals surface area (Å²) in [5.74, 6) is 0.986. The van der Waals surface area contributed by atoms with E-state index in [1.165, 1.54) is 18.5 Å². The molecule has 1 amide bonds. The number of nitrogens with zero attached hydrogens (tertiary/aromatic N) is 4. The number of aromatic nitrogens is 2. The second kappa shape index (κ2) is 6.18. The number of rotatable bonds is 6. The maximum atomic E-state index is 12.4. The first-order chi connectivity index (χ1) is 10.2. The van der Waals surface area contributed by atoms with Crippen LogP contribution in [0.5, 0.6) is 0 Å². The fourth-order valence-electron chi connectivity index (χ4n) is 3.19. The van der Waals surface area contributed by atoms with E-state index in [2.05, 4.69) is 28.5 Å². The van der Waals surface area contributed by atoms with Gasteiger partial charge in [-0.3, -0.25) is 9.48 Å². The van der Waals surface area contributed by atoms with Gasteiger partial charge >= 0.3 is 0 Å². The van der Waals surface area contributed by atoms with Crippen molar-refractivity contribution in [2.45, 2.75) is 45.7 Å².